The molecule has 7 heteroatoms. The zero-order valence-corrected chi connectivity index (χ0v) is 15.4. The lowest BCUT2D eigenvalue weighted by atomic mass is 10.0. The highest BCUT2D eigenvalue weighted by atomic mass is 15.2. The van der Waals surface area contributed by atoms with Crippen molar-refractivity contribution < 1.29 is 0 Å². The van der Waals surface area contributed by atoms with Crippen LogP contribution < -0.4 is 0 Å². The molecule has 7 nitrogen and oxygen atoms in total. The number of imidazole rings is 3. The van der Waals surface area contributed by atoms with Gasteiger partial charge in [0.05, 0.1) is 29.6 Å². The Balaban J connectivity index is 1.54. The largest absolute Gasteiger partial charge is 0.348 e. The fraction of sp³-hybridized carbons (Fsp3) is 0.350. The van der Waals surface area contributed by atoms with Crippen molar-refractivity contribution in [2.45, 2.75) is 38.9 Å². The zero-order chi connectivity index (χ0) is 18.2. The topological polar surface area (TPSA) is 78.4 Å². The summed E-state index contributed by atoms with van der Waals surface area (Å²) in [7, 11) is 0. The van der Waals surface area contributed by atoms with Crippen LogP contribution in [0, 0.1) is 0 Å². The Morgan fingerprint density at radius 1 is 1.22 bits per heavy atom. The van der Waals surface area contributed by atoms with Gasteiger partial charge < -0.3 is 14.5 Å². The number of nitrogens with zero attached hydrogens (tertiary/aromatic N) is 5. The maximum atomic E-state index is 4.87. The minimum atomic E-state index is -0.000762. The quantitative estimate of drug-likeness (QED) is 0.573. The SMILES string of the molecule is CCCn1ccnc1CN1CCc2[nH]cnc2[C@@H]1c1nc2ccccc2[nH]1. The molecule has 0 amide bonds. The van der Waals surface area contributed by atoms with E-state index in [0.29, 0.717) is 0 Å². The second-order valence-electron chi connectivity index (χ2n) is 7.07. The predicted octanol–water partition coefficient (Wildman–Crippen LogP) is 3.04. The van der Waals surface area contributed by atoms with Crippen LogP contribution in [0.5, 0.6) is 0 Å². The Labute approximate surface area is 157 Å². The van der Waals surface area contributed by atoms with Crippen LogP contribution in [0.1, 0.15) is 42.4 Å². The molecule has 2 N–H and O–H groups in total. The summed E-state index contributed by atoms with van der Waals surface area (Å²) in [5.74, 6) is 2.04. The van der Waals surface area contributed by atoms with Gasteiger partial charge in [0.2, 0.25) is 0 Å². The lowest BCUT2D eigenvalue weighted by Gasteiger charge is -2.33. The van der Waals surface area contributed by atoms with Gasteiger partial charge in [-0.25, -0.2) is 15.0 Å². The van der Waals surface area contributed by atoms with Gasteiger partial charge in [0.25, 0.3) is 0 Å². The van der Waals surface area contributed by atoms with E-state index in [2.05, 4.69) is 48.6 Å². The third-order valence-electron chi connectivity index (χ3n) is 5.30. The number of benzene rings is 1. The highest BCUT2D eigenvalue weighted by Gasteiger charge is 2.33. The Kier molecular flexibility index (Phi) is 4.01. The van der Waals surface area contributed by atoms with Gasteiger partial charge >= 0.3 is 0 Å². The van der Waals surface area contributed by atoms with Crippen LogP contribution in [0.25, 0.3) is 11.0 Å². The highest BCUT2D eigenvalue weighted by molar-refractivity contribution is 5.75. The molecule has 1 aliphatic rings. The van der Waals surface area contributed by atoms with Gasteiger partial charge in [-0.1, -0.05) is 19.1 Å². The first-order chi connectivity index (χ1) is 13.3. The van der Waals surface area contributed by atoms with Crippen LogP contribution in [-0.4, -0.2) is 40.9 Å². The number of nitrogens with one attached hydrogen (secondary N) is 2. The van der Waals surface area contributed by atoms with Crippen molar-refractivity contribution in [3.63, 3.8) is 0 Å². The summed E-state index contributed by atoms with van der Waals surface area (Å²) in [5.41, 5.74) is 4.31. The van der Waals surface area contributed by atoms with E-state index >= 15 is 0 Å². The van der Waals surface area contributed by atoms with Gasteiger partial charge in [-0.2, -0.15) is 0 Å². The summed E-state index contributed by atoms with van der Waals surface area (Å²) in [6.07, 6.45) is 7.81. The average molecular weight is 361 g/mol. The summed E-state index contributed by atoms with van der Waals surface area (Å²) >= 11 is 0. The Morgan fingerprint density at radius 3 is 3.04 bits per heavy atom. The van der Waals surface area contributed by atoms with Crippen molar-refractivity contribution in [2.24, 2.45) is 0 Å². The third kappa shape index (κ3) is 2.84. The summed E-state index contributed by atoms with van der Waals surface area (Å²) in [4.78, 5) is 23.4. The molecule has 3 aromatic heterocycles. The number of aromatic nitrogens is 6. The molecule has 0 bridgehead atoms. The average Bonchev–Trinajstić information content (AvgIpc) is 3.41. The van der Waals surface area contributed by atoms with E-state index < -0.39 is 0 Å². The molecule has 0 aliphatic carbocycles. The smallest absolute Gasteiger partial charge is 0.130 e. The lowest BCUT2D eigenvalue weighted by Crippen LogP contribution is -2.37. The first-order valence-electron chi connectivity index (χ1n) is 9.54. The summed E-state index contributed by atoms with van der Waals surface area (Å²) in [6, 6.07) is 8.16. The fourth-order valence-electron chi connectivity index (χ4n) is 4.02. The van der Waals surface area contributed by atoms with Gasteiger partial charge in [-0.15, -0.1) is 0 Å². The number of rotatable bonds is 5. The van der Waals surface area contributed by atoms with E-state index in [-0.39, 0.29) is 6.04 Å². The first-order valence-corrected chi connectivity index (χ1v) is 9.54. The van der Waals surface area contributed by atoms with Gasteiger partial charge in [0.1, 0.15) is 17.7 Å². The summed E-state index contributed by atoms with van der Waals surface area (Å²) in [6.45, 7) is 4.90. The Hall–Kier alpha value is -2.93. The first kappa shape index (κ1) is 16.3. The van der Waals surface area contributed by atoms with Crippen LogP contribution in [0.4, 0.5) is 0 Å². The number of fused-ring (bicyclic) bond motifs is 2. The van der Waals surface area contributed by atoms with Gasteiger partial charge in [0.15, 0.2) is 0 Å². The monoisotopic (exact) mass is 361 g/mol. The molecular formula is C20H23N7. The number of aromatic amines is 2. The number of hydrogen-bond donors (Lipinski definition) is 2. The number of H-pyrrole nitrogens is 2. The van der Waals surface area contributed by atoms with Crippen molar-refractivity contribution in [2.75, 3.05) is 6.54 Å². The molecule has 0 saturated heterocycles. The zero-order valence-electron chi connectivity index (χ0n) is 15.4. The summed E-state index contributed by atoms with van der Waals surface area (Å²) in [5, 5.41) is 0. The van der Waals surface area contributed by atoms with Crippen molar-refractivity contribution in [3.05, 3.63) is 66.0 Å². The second kappa shape index (κ2) is 6.66. The van der Waals surface area contributed by atoms with E-state index in [9.17, 15) is 0 Å². The van der Waals surface area contributed by atoms with Crippen LogP contribution in [-0.2, 0) is 19.5 Å². The number of aryl methyl sites for hydroxylation is 1. The van der Waals surface area contributed by atoms with E-state index in [1.807, 2.05) is 24.4 Å². The molecule has 1 atom stereocenters. The minimum Gasteiger partial charge on any atom is -0.348 e. The predicted molar refractivity (Wildman–Crippen MR) is 103 cm³/mol. The van der Waals surface area contributed by atoms with Crippen LogP contribution >= 0.6 is 0 Å². The molecule has 27 heavy (non-hydrogen) atoms. The molecular weight excluding hydrogens is 338 g/mol. The molecule has 0 radical (unpaired) electrons. The molecule has 0 spiro atoms. The van der Waals surface area contributed by atoms with E-state index in [0.717, 1.165) is 60.9 Å². The van der Waals surface area contributed by atoms with Crippen molar-refractivity contribution >= 4 is 11.0 Å². The lowest BCUT2D eigenvalue weighted by molar-refractivity contribution is 0.187. The van der Waals surface area contributed by atoms with Gasteiger partial charge in [-0.3, -0.25) is 4.90 Å². The van der Waals surface area contributed by atoms with Crippen molar-refractivity contribution in [1.29, 1.82) is 0 Å². The fourth-order valence-corrected chi connectivity index (χ4v) is 4.02. The maximum absolute atomic E-state index is 4.87. The molecule has 4 heterocycles. The van der Waals surface area contributed by atoms with E-state index in [1.165, 1.54) is 5.69 Å². The molecule has 1 aromatic carbocycles. The van der Waals surface area contributed by atoms with Crippen LogP contribution in [0.2, 0.25) is 0 Å². The minimum absolute atomic E-state index is 0.000762. The summed E-state index contributed by atoms with van der Waals surface area (Å²) < 4.78 is 2.25. The second-order valence-corrected chi connectivity index (χ2v) is 7.07. The Bertz CT molecular complexity index is 1020. The van der Waals surface area contributed by atoms with Gasteiger partial charge in [-0.05, 0) is 18.6 Å². The van der Waals surface area contributed by atoms with Crippen LogP contribution in [0.3, 0.4) is 0 Å². The van der Waals surface area contributed by atoms with Crippen molar-refractivity contribution in [3.8, 4) is 0 Å². The Morgan fingerprint density at radius 2 is 2.15 bits per heavy atom. The molecule has 0 saturated carbocycles. The molecule has 1 aliphatic heterocycles. The molecule has 0 fully saturated rings. The number of para-hydroxylation sites is 2. The maximum Gasteiger partial charge on any atom is 0.130 e. The van der Waals surface area contributed by atoms with E-state index in [4.69, 9.17) is 4.98 Å². The number of hydrogen-bond acceptors (Lipinski definition) is 4. The van der Waals surface area contributed by atoms with Crippen LogP contribution in [0.15, 0.2) is 43.0 Å². The normalized spacial score (nSPS) is 17.4. The van der Waals surface area contributed by atoms with Gasteiger partial charge in [0, 0.05) is 37.6 Å². The van der Waals surface area contributed by atoms with E-state index in [1.54, 1.807) is 6.33 Å². The highest BCUT2D eigenvalue weighted by Crippen LogP contribution is 2.33. The molecule has 5 rings (SSSR count). The molecule has 4 aromatic rings. The molecule has 0 unspecified atom stereocenters. The third-order valence-corrected chi connectivity index (χ3v) is 5.30. The van der Waals surface area contributed by atoms with Crippen molar-refractivity contribution in [1.82, 2.24) is 34.4 Å². The standard InChI is InChI=1S/C20H23N7/c1-2-9-26-11-8-21-17(26)12-27-10-7-16-18(23-13-22-16)19(27)20-24-14-5-3-4-6-15(14)25-20/h3-6,8,11,13,19H,2,7,9-10,12H2,1H3,(H,22,23)(H,24,25)/t19-/m1/s1. The molecule has 138 valence electrons.